The van der Waals surface area contributed by atoms with Crippen LogP contribution in [0, 0.1) is 5.41 Å². The molecule has 0 aromatic heterocycles. The Labute approximate surface area is 80.0 Å². The third-order valence-electron chi connectivity index (χ3n) is 3.36. The lowest BCUT2D eigenvalue weighted by Gasteiger charge is -2.45. The highest BCUT2D eigenvalue weighted by atomic mass is 14.5. The van der Waals surface area contributed by atoms with E-state index in [1.807, 2.05) is 12.1 Å². The Hall–Kier alpha value is -0.980. The molecule has 1 aromatic rings. The molecule has 0 saturated heterocycles. The first kappa shape index (κ1) is 8.61. The third kappa shape index (κ3) is 1.43. The number of benzene rings is 1. The van der Waals surface area contributed by atoms with Crippen molar-refractivity contribution in [2.75, 3.05) is 5.73 Å². The summed E-state index contributed by atoms with van der Waals surface area (Å²) < 4.78 is 0. The highest BCUT2D eigenvalue weighted by Gasteiger charge is 2.38. The molecule has 2 N–H and O–H groups in total. The third-order valence-corrected chi connectivity index (χ3v) is 3.36. The van der Waals surface area contributed by atoms with Gasteiger partial charge in [0.1, 0.15) is 0 Å². The zero-order chi connectivity index (χ0) is 9.47. The van der Waals surface area contributed by atoms with Crippen molar-refractivity contribution in [3.63, 3.8) is 0 Å². The second-order valence-corrected chi connectivity index (χ2v) is 4.75. The second kappa shape index (κ2) is 2.76. The van der Waals surface area contributed by atoms with E-state index in [4.69, 9.17) is 5.73 Å². The predicted molar refractivity (Wildman–Crippen MR) is 56.6 cm³/mol. The van der Waals surface area contributed by atoms with Crippen LogP contribution < -0.4 is 5.73 Å². The Kier molecular flexibility index (Phi) is 1.83. The molecule has 0 radical (unpaired) electrons. The molecular formula is C12H17N. The van der Waals surface area contributed by atoms with Crippen molar-refractivity contribution in [1.82, 2.24) is 0 Å². The highest BCUT2D eigenvalue weighted by molar-refractivity contribution is 5.41. The molecule has 13 heavy (non-hydrogen) atoms. The quantitative estimate of drug-likeness (QED) is 0.652. The monoisotopic (exact) mass is 175 g/mol. The van der Waals surface area contributed by atoms with Gasteiger partial charge in [-0.05, 0) is 41.9 Å². The molecule has 1 aliphatic carbocycles. The van der Waals surface area contributed by atoms with Crippen molar-refractivity contribution < 1.29 is 0 Å². The Morgan fingerprint density at radius 1 is 1.23 bits per heavy atom. The molecule has 0 bridgehead atoms. The first-order valence-corrected chi connectivity index (χ1v) is 4.95. The van der Waals surface area contributed by atoms with E-state index in [1.165, 1.54) is 18.4 Å². The Balaban J connectivity index is 2.22. The highest BCUT2D eigenvalue weighted by Crippen LogP contribution is 2.52. The van der Waals surface area contributed by atoms with Crippen LogP contribution in [0.3, 0.4) is 0 Å². The lowest BCUT2D eigenvalue weighted by atomic mass is 9.60. The van der Waals surface area contributed by atoms with Gasteiger partial charge in [-0.2, -0.15) is 0 Å². The lowest BCUT2D eigenvalue weighted by Crippen LogP contribution is -2.32. The maximum atomic E-state index is 5.65. The van der Waals surface area contributed by atoms with Crippen molar-refractivity contribution in [3.8, 4) is 0 Å². The standard InChI is InChI=1S/C12H17N/c1-12(2)8-7-11(12)9-3-5-10(13)6-4-9/h3-6,11H,7-8,13H2,1-2H3. The SMILES string of the molecule is CC1(C)CCC1c1ccc(N)cc1. The molecule has 1 fully saturated rings. The fourth-order valence-corrected chi connectivity index (χ4v) is 2.21. The van der Waals surface area contributed by atoms with Crippen LogP contribution in [0.2, 0.25) is 0 Å². The molecular weight excluding hydrogens is 158 g/mol. The number of hydrogen-bond donors (Lipinski definition) is 1. The number of nitrogens with two attached hydrogens (primary N) is 1. The maximum absolute atomic E-state index is 5.65. The van der Waals surface area contributed by atoms with E-state index in [0.717, 1.165) is 11.6 Å². The van der Waals surface area contributed by atoms with Crippen LogP contribution in [0.1, 0.15) is 38.2 Å². The fourth-order valence-electron chi connectivity index (χ4n) is 2.21. The van der Waals surface area contributed by atoms with Crippen molar-refractivity contribution in [1.29, 1.82) is 0 Å². The van der Waals surface area contributed by atoms with Gasteiger partial charge < -0.3 is 5.73 Å². The van der Waals surface area contributed by atoms with Crippen LogP contribution in [-0.4, -0.2) is 0 Å². The van der Waals surface area contributed by atoms with Gasteiger partial charge in [-0.3, -0.25) is 0 Å². The Morgan fingerprint density at radius 2 is 1.85 bits per heavy atom. The van der Waals surface area contributed by atoms with E-state index in [1.54, 1.807) is 0 Å². The molecule has 2 rings (SSSR count). The summed E-state index contributed by atoms with van der Waals surface area (Å²) in [6.45, 7) is 4.69. The molecule has 0 spiro atoms. The Morgan fingerprint density at radius 3 is 2.23 bits per heavy atom. The topological polar surface area (TPSA) is 26.0 Å². The summed E-state index contributed by atoms with van der Waals surface area (Å²) in [5.74, 6) is 0.744. The summed E-state index contributed by atoms with van der Waals surface area (Å²) in [5, 5.41) is 0. The van der Waals surface area contributed by atoms with E-state index >= 15 is 0 Å². The summed E-state index contributed by atoms with van der Waals surface area (Å²) >= 11 is 0. The second-order valence-electron chi connectivity index (χ2n) is 4.75. The minimum absolute atomic E-state index is 0.496. The summed E-state index contributed by atoms with van der Waals surface area (Å²) in [6.07, 6.45) is 2.68. The van der Waals surface area contributed by atoms with Gasteiger partial charge in [0.15, 0.2) is 0 Å². The average Bonchev–Trinajstić information content (AvgIpc) is 2.07. The predicted octanol–water partition coefficient (Wildman–Crippen LogP) is 3.17. The van der Waals surface area contributed by atoms with Crippen LogP contribution in [0.4, 0.5) is 5.69 Å². The van der Waals surface area contributed by atoms with Crippen molar-refractivity contribution in [2.24, 2.45) is 5.41 Å². The number of nitrogen functional groups attached to an aromatic ring is 1. The molecule has 1 nitrogen and oxygen atoms in total. The molecule has 1 aromatic carbocycles. The van der Waals surface area contributed by atoms with Gasteiger partial charge in [0.2, 0.25) is 0 Å². The molecule has 1 unspecified atom stereocenters. The molecule has 0 aliphatic heterocycles. The maximum Gasteiger partial charge on any atom is 0.0314 e. The molecule has 70 valence electrons. The van der Waals surface area contributed by atoms with Crippen molar-refractivity contribution in [3.05, 3.63) is 29.8 Å². The minimum Gasteiger partial charge on any atom is -0.399 e. The van der Waals surface area contributed by atoms with Crippen LogP contribution >= 0.6 is 0 Å². The van der Waals surface area contributed by atoms with Gasteiger partial charge in [-0.25, -0.2) is 0 Å². The largest absolute Gasteiger partial charge is 0.399 e. The molecule has 0 amide bonds. The van der Waals surface area contributed by atoms with E-state index in [9.17, 15) is 0 Å². The zero-order valence-corrected chi connectivity index (χ0v) is 8.38. The summed E-state index contributed by atoms with van der Waals surface area (Å²) in [6, 6.07) is 8.34. The lowest BCUT2D eigenvalue weighted by molar-refractivity contribution is 0.140. The van der Waals surface area contributed by atoms with Crippen LogP contribution in [0.15, 0.2) is 24.3 Å². The summed E-state index contributed by atoms with van der Waals surface area (Å²) in [5.41, 5.74) is 8.46. The van der Waals surface area contributed by atoms with Gasteiger partial charge in [0, 0.05) is 5.69 Å². The van der Waals surface area contributed by atoms with Crippen LogP contribution in [-0.2, 0) is 0 Å². The van der Waals surface area contributed by atoms with Gasteiger partial charge in [-0.1, -0.05) is 26.0 Å². The molecule has 1 heteroatoms. The van der Waals surface area contributed by atoms with Crippen molar-refractivity contribution in [2.45, 2.75) is 32.6 Å². The number of hydrogen-bond acceptors (Lipinski definition) is 1. The number of rotatable bonds is 1. The van der Waals surface area contributed by atoms with E-state index in [2.05, 4.69) is 26.0 Å². The smallest absolute Gasteiger partial charge is 0.0314 e. The first-order valence-electron chi connectivity index (χ1n) is 4.95. The fraction of sp³-hybridized carbons (Fsp3) is 0.500. The minimum atomic E-state index is 0.496. The summed E-state index contributed by atoms with van der Waals surface area (Å²) in [4.78, 5) is 0. The average molecular weight is 175 g/mol. The van der Waals surface area contributed by atoms with E-state index in [-0.39, 0.29) is 0 Å². The van der Waals surface area contributed by atoms with E-state index in [0.29, 0.717) is 5.41 Å². The van der Waals surface area contributed by atoms with Gasteiger partial charge in [0.05, 0.1) is 0 Å². The molecule has 0 heterocycles. The van der Waals surface area contributed by atoms with Crippen LogP contribution in [0.5, 0.6) is 0 Å². The van der Waals surface area contributed by atoms with E-state index < -0.39 is 0 Å². The number of anilines is 1. The normalized spacial score (nSPS) is 25.2. The molecule has 1 atom stereocenters. The molecule has 1 aliphatic rings. The first-order chi connectivity index (χ1) is 6.09. The van der Waals surface area contributed by atoms with Gasteiger partial charge in [0.25, 0.3) is 0 Å². The molecule has 1 saturated carbocycles. The van der Waals surface area contributed by atoms with Crippen LogP contribution in [0.25, 0.3) is 0 Å². The van der Waals surface area contributed by atoms with Crippen molar-refractivity contribution >= 4 is 5.69 Å². The Bertz CT molecular complexity index is 297. The van der Waals surface area contributed by atoms with Gasteiger partial charge in [-0.15, -0.1) is 0 Å². The zero-order valence-electron chi connectivity index (χ0n) is 8.38. The summed E-state index contributed by atoms with van der Waals surface area (Å²) in [7, 11) is 0. The van der Waals surface area contributed by atoms with Gasteiger partial charge >= 0.3 is 0 Å².